The maximum absolute atomic E-state index is 13.2. The van der Waals surface area contributed by atoms with E-state index in [0.29, 0.717) is 0 Å². The highest BCUT2D eigenvalue weighted by Gasteiger charge is 2.27. The molecule has 0 aliphatic heterocycles. The van der Waals surface area contributed by atoms with Crippen LogP contribution in [-0.2, 0) is 13.5 Å². The summed E-state index contributed by atoms with van der Waals surface area (Å²) in [7, 11) is 3.84. The Morgan fingerprint density at radius 3 is 2.78 bits per heavy atom. The molecule has 0 bridgehead atoms. The first-order chi connectivity index (χ1) is 13.0. The fraction of sp³-hybridized carbons (Fsp3) is 0.304. The number of benzene rings is 2. The third-order valence-electron chi connectivity index (χ3n) is 5.56. The molecule has 0 N–H and O–H groups in total. The number of carbonyl (C=O) groups excluding carboxylic acids is 1. The van der Waals surface area contributed by atoms with Crippen LogP contribution >= 0.6 is 0 Å². The minimum absolute atomic E-state index is 0.0695. The molecule has 1 atom stereocenters. The van der Waals surface area contributed by atoms with E-state index in [1.807, 2.05) is 61.1 Å². The standard InChI is InChI=1S/C23H25N3O/c1-16-21(15-25(2)24-16)18-10-6-11-19(14-18)23(27)26(3)22-13-7-9-17-8-4-5-12-20(17)22/h4-6,8,10-12,14-15,22H,7,9,13H2,1-3H3/t22-/m0/s1. The molecule has 138 valence electrons. The highest BCUT2D eigenvalue weighted by molar-refractivity contribution is 5.95. The molecule has 0 saturated heterocycles. The van der Waals surface area contributed by atoms with Crippen LogP contribution in [0.5, 0.6) is 0 Å². The molecule has 1 aliphatic carbocycles. The van der Waals surface area contributed by atoms with Crippen LogP contribution in [0.2, 0.25) is 0 Å². The van der Waals surface area contributed by atoms with Crippen molar-refractivity contribution in [2.45, 2.75) is 32.2 Å². The molecule has 4 nitrogen and oxygen atoms in total. The predicted molar refractivity (Wildman–Crippen MR) is 108 cm³/mol. The minimum atomic E-state index is 0.0695. The number of hydrogen-bond acceptors (Lipinski definition) is 2. The van der Waals surface area contributed by atoms with Crippen molar-refractivity contribution in [1.29, 1.82) is 0 Å². The predicted octanol–water partition coefficient (Wildman–Crippen LogP) is 4.55. The Kier molecular flexibility index (Phi) is 4.56. The summed E-state index contributed by atoms with van der Waals surface area (Å²) in [6.45, 7) is 1.99. The van der Waals surface area contributed by atoms with Crippen molar-refractivity contribution in [2.24, 2.45) is 7.05 Å². The fourth-order valence-electron chi connectivity index (χ4n) is 4.18. The van der Waals surface area contributed by atoms with Crippen molar-refractivity contribution in [1.82, 2.24) is 14.7 Å². The van der Waals surface area contributed by atoms with Gasteiger partial charge >= 0.3 is 0 Å². The summed E-state index contributed by atoms with van der Waals surface area (Å²) in [6.07, 6.45) is 5.24. The molecule has 27 heavy (non-hydrogen) atoms. The van der Waals surface area contributed by atoms with Gasteiger partial charge in [0.1, 0.15) is 0 Å². The van der Waals surface area contributed by atoms with Gasteiger partial charge < -0.3 is 4.90 Å². The molecule has 4 rings (SSSR count). The number of amides is 1. The lowest BCUT2D eigenvalue weighted by atomic mass is 9.86. The van der Waals surface area contributed by atoms with Gasteiger partial charge in [0.05, 0.1) is 11.7 Å². The second kappa shape index (κ2) is 7.03. The Morgan fingerprint density at radius 2 is 2.00 bits per heavy atom. The van der Waals surface area contributed by atoms with E-state index in [4.69, 9.17) is 0 Å². The fourth-order valence-corrected chi connectivity index (χ4v) is 4.18. The molecular formula is C23H25N3O. The van der Waals surface area contributed by atoms with E-state index in [1.165, 1.54) is 11.1 Å². The molecule has 4 heteroatoms. The zero-order chi connectivity index (χ0) is 19.0. The number of aromatic nitrogens is 2. The molecule has 0 fully saturated rings. The Balaban J connectivity index is 1.64. The van der Waals surface area contributed by atoms with E-state index < -0.39 is 0 Å². The number of rotatable bonds is 3. The Morgan fingerprint density at radius 1 is 1.19 bits per heavy atom. The SMILES string of the molecule is Cc1nn(C)cc1-c1cccc(C(=O)N(C)[C@H]2CCCc3ccccc32)c1. The highest BCUT2D eigenvalue weighted by atomic mass is 16.2. The third-order valence-corrected chi connectivity index (χ3v) is 5.56. The number of hydrogen-bond donors (Lipinski definition) is 0. The van der Waals surface area contributed by atoms with Crippen LogP contribution in [0, 0.1) is 6.92 Å². The van der Waals surface area contributed by atoms with Crippen molar-refractivity contribution in [3.63, 3.8) is 0 Å². The summed E-state index contributed by atoms with van der Waals surface area (Å²) < 4.78 is 1.81. The number of nitrogens with zero attached hydrogens (tertiary/aromatic N) is 3. The van der Waals surface area contributed by atoms with Gasteiger partial charge in [-0.2, -0.15) is 5.10 Å². The smallest absolute Gasteiger partial charge is 0.254 e. The van der Waals surface area contributed by atoms with E-state index in [-0.39, 0.29) is 11.9 Å². The second-order valence-electron chi connectivity index (χ2n) is 7.41. The molecule has 1 heterocycles. The minimum Gasteiger partial charge on any atom is -0.335 e. The van der Waals surface area contributed by atoms with E-state index in [2.05, 4.69) is 29.4 Å². The van der Waals surface area contributed by atoms with E-state index in [9.17, 15) is 4.79 Å². The molecule has 2 aromatic carbocycles. The van der Waals surface area contributed by atoms with Crippen LogP contribution in [0.25, 0.3) is 11.1 Å². The molecule has 0 radical (unpaired) electrons. The summed E-state index contributed by atoms with van der Waals surface area (Å²) in [6, 6.07) is 16.5. The Bertz CT molecular complexity index is 989. The van der Waals surface area contributed by atoms with Crippen molar-refractivity contribution in [3.05, 3.63) is 77.1 Å². The van der Waals surface area contributed by atoms with Gasteiger partial charge in [-0.15, -0.1) is 0 Å². The first-order valence-electron chi connectivity index (χ1n) is 9.50. The third kappa shape index (κ3) is 3.27. The zero-order valence-electron chi connectivity index (χ0n) is 16.1. The van der Waals surface area contributed by atoms with Gasteiger partial charge in [-0.3, -0.25) is 9.48 Å². The van der Waals surface area contributed by atoms with Crippen molar-refractivity contribution >= 4 is 5.91 Å². The van der Waals surface area contributed by atoms with Gasteiger partial charge in [0.25, 0.3) is 5.91 Å². The second-order valence-corrected chi connectivity index (χ2v) is 7.41. The van der Waals surface area contributed by atoms with Gasteiger partial charge in [-0.25, -0.2) is 0 Å². The number of fused-ring (bicyclic) bond motifs is 1. The van der Waals surface area contributed by atoms with Crippen LogP contribution in [-0.4, -0.2) is 27.6 Å². The molecule has 3 aromatic rings. The lowest BCUT2D eigenvalue weighted by Gasteiger charge is -2.33. The van der Waals surface area contributed by atoms with Crippen LogP contribution < -0.4 is 0 Å². The van der Waals surface area contributed by atoms with Crippen LogP contribution in [0.3, 0.4) is 0 Å². The van der Waals surface area contributed by atoms with Crippen LogP contribution in [0.1, 0.15) is 46.1 Å². The molecule has 0 spiro atoms. The highest BCUT2D eigenvalue weighted by Crippen LogP contribution is 2.34. The summed E-state index contributed by atoms with van der Waals surface area (Å²) in [4.78, 5) is 15.1. The van der Waals surface area contributed by atoms with Crippen LogP contribution in [0.4, 0.5) is 0 Å². The van der Waals surface area contributed by atoms with Gasteiger partial charge in [-0.05, 0) is 55.0 Å². The molecule has 1 amide bonds. The van der Waals surface area contributed by atoms with Gasteiger partial charge in [-0.1, -0.05) is 36.4 Å². The normalized spacial score (nSPS) is 16.0. The average molecular weight is 359 g/mol. The molecular weight excluding hydrogens is 334 g/mol. The number of carbonyl (C=O) groups is 1. The summed E-state index contributed by atoms with van der Waals surface area (Å²) in [5, 5.41) is 4.42. The topological polar surface area (TPSA) is 38.1 Å². The molecule has 1 aliphatic rings. The summed E-state index contributed by atoms with van der Waals surface area (Å²) in [5.74, 6) is 0.0695. The van der Waals surface area contributed by atoms with E-state index in [0.717, 1.165) is 41.6 Å². The first kappa shape index (κ1) is 17.5. The zero-order valence-corrected chi connectivity index (χ0v) is 16.1. The van der Waals surface area contributed by atoms with Gasteiger partial charge in [0.2, 0.25) is 0 Å². The van der Waals surface area contributed by atoms with Crippen LogP contribution in [0.15, 0.2) is 54.7 Å². The van der Waals surface area contributed by atoms with Gasteiger partial charge in [0.15, 0.2) is 0 Å². The lowest BCUT2D eigenvalue weighted by molar-refractivity contribution is 0.0715. The monoisotopic (exact) mass is 359 g/mol. The quantitative estimate of drug-likeness (QED) is 0.688. The maximum atomic E-state index is 13.2. The Labute approximate surface area is 160 Å². The lowest BCUT2D eigenvalue weighted by Crippen LogP contribution is -2.33. The summed E-state index contributed by atoms with van der Waals surface area (Å²) >= 11 is 0. The average Bonchev–Trinajstić information content (AvgIpc) is 3.04. The first-order valence-corrected chi connectivity index (χ1v) is 9.50. The van der Waals surface area contributed by atoms with Crippen molar-refractivity contribution < 1.29 is 4.79 Å². The summed E-state index contributed by atoms with van der Waals surface area (Å²) in [5.41, 5.74) is 6.45. The molecule has 1 aromatic heterocycles. The number of aryl methyl sites for hydroxylation is 3. The molecule has 0 saturated carbocycles. The largest absolute Gasteiger partial charge is 0.335 e. The van der Waals surface area contributed by atoms with Crippen molar-refractivity contribution in [2.75, 3.05) is 7.05 Å². The maximum Gasteiger partial charge on any atom is 0.254 e. The van der Waals surface area contributed by atoms with E-state index in [1.54, 1.807) is 0 Å². The molecule has 0 unspecified atom stereocenters. The van der Waals surface area contributed by atoms with Crippen molar-refractivity contribution in [3.8, 4) is 11.1 Å². The van der Waals surface area contributed by atoms with E-state index >= 15 is 0 Å². The van der Waals surface area contributed by atoms with Gasteiger partial charge in [0, 0.05) is 31.4 Å². The Hall–Kier alpha value is -2.88.